The van der Waals surface area contributed by atoms with Crippen molar-refractivity contribution in [1.29, 1.82) is 0 Å². The molecule has 0 N–H and O–H groups in total. The summed E-state index contributed by atoms with van der Waals surface area (Å²) in [5.74, 6) is 6.69. The molecule has 0 fully saturated rings. The van der Waals surface area contributed by atoms with Gasteiger partial charge in [-0.05, 0) is 25.7 Å². The number of unbranched alkanes of at least 4 members (excludes halogenated alkanes) is 2. The Balaban J connectivity index is 3.64. The van der Waals surface area contributed by atoms with Crippen molar-refractivity contribution < 1.29 is 0 Å². The minimum atomic E-state index is 0.453. The monoisotopic (exact) mass is 218 g/mol. The van der Waals surface area contributed by atoms with Crippen molar-refractivity contribution in [3.05, 3.63) is 0 Å². The molecule has 0 rings (SSSR count). The van der Waals surface area contributed by atoms with Crippen LogP contribution in [0.3, 0.4) is 0 Å². The Morgan fingerprint density at radius 1 is 0.812 bits per heavy atom. The summed E-state index contributed by atoms with van der Waals surface area (Å²) in [6.45, 7) is 4.38. The summed E-state index contributed by atoms with van der Waals surface area (Å²) < 4.78 is 0. The maximum atomic E-state index is 5.55. The summed E-state index contributed by atoms with van der Waals surface area (Å²) in [5.41, 5.74) is 0. The fourth-order valence-electron chi connectivity index (χ4n) is 1.97. The van der Waals surface area contributed by atoms with E-state index in [1.54, 1.807) is 0 Å². The van der Waals surface area contributed by atoms with Crippen LogP contribution in [-0.4, -0.2) is 0 Å². The van der Waals surface area contributed by atoms with Crippen LogP contribution in [0, 0.1) is 36.5 Å². The molecule has 0 amide bonds. The highest BCUT2D eigenvalue weighted by molar-refractivity contribution is 4.94. The molecule has 0 aliphatic heterocycles. The second-order valence-electron chi connectivity index (χ2n) is 4.56. The van der Waals surface area contributed by atoms with Gasteiger partial charge in [-0.25, -0.2) is 0 Å². The van der Waals surface area contributed by atoms with Crippen molar-refractivity contribution in [3.63, 3.8) is 0 Å². The van der Waals surface area contributed by atoms with E-state index in [-0.39, 0.29) is 0 Å². The van der Waals surface area contributed by atoms with Gasteiger partial charge in [0.15, 0.2) is 0 Å². The molecule has 0 aromatic heterocycles. The van der Waals surface area contributed by atoms with Crippen LogP contribution in [0.1, 0.15) is 65.2 Å². The van der Waals surface area contributed by atoms with E-state index in [0.717, 1.165) is 19.3 Å². The Hall–Kier alpha value is -0.880. The number of terminal acetylenes is 2. The van der Waals surface area contributed by atoms with Gasteiger partial charge in [0.25, 0.3) is 0 Å². The van der Waals surface area contributed by atoms with Gasteiger partial charge >= 0.3 is 0 Å². The minimum absolute atomic E-state index is 0.453. The largest absolute Gasteiger partial charge is 0.120 e. The van der Waals surface area contributed by atoms with Crippen LogP contribution in [0.4, 0.5) is 0 Å². The van der Waals surface area contributed by atoms with E-state index in [2.05, 4.69) is 25.7 Å². The molecule has 0 aliphatic rings. The first-order valence-corrected chi connectivity index (χ1v) is 6.70. The van der Waals surface area contributed by atoms with Gasteiger partial charge in [0.1, 0.15) is 0 Å². The van der Waals surface area contributed by atoms with Crippen molar-refractivity contribution in [2.75, 3.05) is 0 Å². The average Bonchev–Trinajstić information content (AvgIpc) is 2.32. The van der Waals surface area contributed by atoms with Gasteiger partial charge in [0.05, 0.1) is 0 Å². The molecule has 0 heterocycles. The molecular formula is C16H26. The Morgan fingerprint density at radius 2 is 1.38 bits per heavy atom. The smallest absolute Gasteiger partial charge is 0.0200 e. The Labute approximate surface area is 102 Å². The van der Waals surface area contributed by atoms with Gasteiger partial charge in [-0.1, -0.05) is 39.5 Å². The van der Waals surface area contributed by atoms with E-state index in [9.17, 15) is 0 Å². The van der Waals surface area contributed by atoms with Gasteiger partial charge in [-0.15, -0.1) is 24.7 Å². The fourth-order valence-corrected chi connectivity index (χ4v) is 1.97. The van der Waals surface area contributed by atoms with Crippen LogP contribution < -0.4 is 0 Å². The lowest BCUT2D eigenvalue weighted by molar-refractivity contribution is 0.465. The molecule has 0 nitrogen and oxygen atoms in total. The summed E-state index contributed by atoms with van der Waals surface area (Å²) in [6, 6.07) is 0. The highest BCUT2D eigenvalue weighted by Crippen LogP contribution is 2.19. The van der Waals surface area contributed by atoms with Crippen LogP contribution in [0.25, 0.3) is 0 Å². The SMILES string of the molecule is C#CC(CC)CCCC(C#C)CCCCC. The standard InChI is InChI=1S/C16H26/c1-5-9-10-12-16(8-4)14-11-13-15(6-2)7-3/h2,4,15-16H,5,7,9-14H2,1,3H3. The summed E-state index contributed by atoms with van der Waals surface area (Å²) in [6.07, 6.45) is 20.6. The van der Waals surface area contributed by atoms with E-state index < -0.39 is 0 Å². The van der Waals surface area contributed by atoms with Crippen molar-refractivity contribution in [2.45, 2.75) is 65.2 Å². The molecule has 0 spiro atoms. The molecule has 2 atom stereocenters. The first kappa shape index (κ1) is 15.1. The third-order valence-corrected chi connectivity index (χ3v) is 3.23. The molecule has 0 bridgehead atoms. The first-order chi connectivity index (χ1) is 7.78. The van der Waals surface area contributed by atoms with Crippen LogP contribution in [-0.2, 0) is 0 Å². The van der Waals surface area contributed by atoms with Gasteiger partial charge < -0.3 is 0 Å². The molecule has 0 heteroatoms. The molecule has 90 valence electrons. The Bertz CT molecular complexity index is 225. The molecule has 0 saturated carbocycles. The van der Waals surface area contributed by atoms with E-state index in [0.29, 0.717) is 11.8 Å². The van der Waals surface area contributed by atoms with E-state index in [4.69, 9.17) is 12.8 Å². The van der Waals surface area contributed by atoms with E-state index in [1.165, 1.54) is 32.1 Å². The lowest BCUT2D eigenvalue weighted by Gasteiger charge is -2.12. The summed E-state index contributed by atoms with van der Waals surface area (Å²) >= 11 is 0. The Morgan fingerprint density at radius 3 is 1.88 bits per heavy atom. The average molecular weight is 218 g/mol. The zero-order chi connectivity index (χ0) is 12.2. The predicted molar refractivity (Wildman–Crippen MR) is 72.9 cm³/mol. The molecule has 0 radical (unpaired) electrons. The summed E-state index contributed by atoms with van der Waals surface area (Å²) in [7, 11) is 0. The van der Waals surface area contributed by atoms with Crippen molar-refractivity contribution in [3.8, 4) is 24.7 Å². The molecule has 2 unspecified atom stereocenters. The molecular weight excluding hydrogens is 192 g/mol. The van der Waals surface area contributed by atoms with Crippen molar-refractivity contribution in [1.82, 2.24) is 0 Å². The third-order valence-electron chi connectivity index (χ3n) is 3.23. The highest BCUT2D eigenvalue weighted by Gasteiger charge is 2.07. The highest BCUT2D eigenvalue weighted by atomic mass is 14.1. The first-order valence-electron chi connectivity index (χ1n) is 6.70. The second kappa shape index (κ2) is 10.6. The maximum Gasteiger partial charge on any atom is 0.0200 e. The maximum absolute atomic E-state index is 5.55. The van der Waals surface area contributed by atoms with Crippen LogP contribution >= 0.6 is 0 Å². The number of rotatable bonds is 9. The topological polar surface area (TPSA) is 0 Å². The normalized spacial score (nSPS) is 13.8. The molecule has 0 aromatic carbocycles. The molecule has 0 saturated heterocycles. The van der Waals surface area contributed by atoms with E-state index >= 15 is 0 Å². The number of hydrogen-bond acceptors (Lipinski definition) is 0. The van der Waals surface area contributed by atoms with Crippen LogP contribution in [0.15, 0.2) is 0 Å². The number of hydrogen-bond donors (Lipinski definition) is 0. The van der Waals surface area contributed by atoms with Gasteiger partial charge in [0.2, 0.25) is 0 Å². The van der Waals surface area contributed by atoms with Crippen molar-refractivity contribution in [2.24, 2.45) is 11.8 Å². The zero-order valence-corrected chi connectivity index (χ0v) is 11.0. The van der Waals surface area contributed by atoms with Crippen LogP contribution in [0.5, 0.6) is 0 Å². The fraction of sp³-hybridized carbons (Fsp3) is 0.750. The summed E-state index contributed by atoms with van der Waals surface area (Å²) in [5, 5.41) is 0. The van der Waals surface area contributed by atoms with Gasteiger partial charge in [0, 0.05) is 11.8 Å². The summed E-state index contributed by atoms with van der Waals surface area (Å²) in [4.78, 5) is 0. The zero-order valence-electron chi connectivity index (χ0n) is 11.0. The van der Waals surface area contributed by atoms with Gasteiger partial charge in [-0.3, -0.25) is 0 Å². The van der Waals surface area contributed by atoms with Crippen molar-refractivity contribution >= 4 is 0 Å². The lowest BCUT2D eigenvalue weighted by Crippen LogP contribution is -2.00. The quantitative estimate of drug-likeness (QED) is 0.390. The second-order valence-corrected chi connectivity index (χ2v) is 4.56. The molecule has 0 aromatic rings. The van der Waals surface area contributed by atoms with Crippen LogP contribution in [0.2, 0.25) is 0 Å². The third kappa shape index (κ3) is 7.42. The van der Waals surface area contributed by atoms with Gasteiger partial charge in [-0.2, -0.15) is 0 Å². The Kier molecular flexibility index (Phi) is 10.0. The molecule has 16 heavy (non-hydrogen) atoms. The van der Waals surface area contributed by atoms with E-state index in [1.807, 2.05) is 0 Å². The molecule has 0 aliphatic carbocycles. The lowest BCUT2D eigenvalue weighted by atomic mass is 9.93. The minimum Gasteiger partial charge on any atom is -0.120 e. The predicted octanol–water partition coefficient (Wildman–Crippen LogP) is 4.65.